The molecule has 0 aliphatic heterocycles. The van der Waals surface area contributed by atoms with Crippen molar-refractivity contribution >= 4 is 39.1 Å². The van der Waals surface area contributed by atoms with Crippen LogP contribution in [-0.2, 0) is 26.2 Å². The zero-order valence-corrected chi connectivity index (χ0v) is 23.8. The quantitative estimate of drug-likeness (QED) is 0.370. The van der Waals surface area contributed by atoms with E-state index in [-0.39, 0.29) is 43.8 Å². The highest BCUT2D eigenvalue weighted by Gasteiger charge is 2.29. The molecule has 0 saturated heterocycles. The van der Waals surface area contributed by atoms with Crippen molar-refractivity contribution in [1.29, 1.82) is 0 Å². The third-order valence-electron chi connectivity index (χ3n) is 6.14. The van der Waals surface area contributed by atoms with Crippen molar-refractivity contribution in [2.75, 3.05) is 24.2 Å². The van der Waals surface area contributed by atoms with Crippen LogP contribution in [0.3, 0.4) is 0 Å². The van der Waals surface area contributed by atoms with Crippen molar-refractivity contribution in [3.05, 3.63) is 59.1 Å². The van der Waals surface area contributed by atoms with Crippen molar-refractivity contribution in [3.8, 4) is 5.75 Å². The fourth-order valence-electron chi connectivity index (χ4n) is 3.94. The SMILES string of the molecule is CC[C@H](C(=O)N[C@@H](C)CC)N(Cc1cccc(OC)c1)C(=O)CCCN(c1ccc(Cl)cc1)S(C)(=O)=O. The van der Waals surface area contributed by atoms with E-state index < -0.39 is 16.1 Å². The van der Waals surface area contributed by atoms with Gasteiger partial charge in [0.05, 0.1) is 19.1 Å². The van der Waals surface area contributed by atoms with E-state index in [2.05, 4.69) is 5.32 Å². The van der Waals surface area contributed by atoms with Crippen LogP contribution in [0.2, 0.25) is 5.02 Å². The number of carbonyl (C=O) groups excluding carboxylic acids is 2. The molecule has 37 heavy (non-hydrogen) atoms. The van der Waals surface area contributed by atoms with Gasteiger partial charge in [-0.15, -0.1) is 0 Å². The van der Waals surface area contributed by atoms with E-state index in [1.807, 2.05) is 45.0 Å². The van der Waals surface area contributed by atoms with Crippen molar-refractivity contribution in [2.24, 2.45) is 0 Å². The van der Waals surface area contributed by atoms with Gasteiger partial charge in [-0.3, -0.25) is 13.9 Å². The third-order valence-corrected chi connectivity index (χ3v) is 7.59. The Hall–Kier alpha value is -2.78. The van der Waals surface area contributed by atoms with Crippen molar-refractivity contribution in [2.45, 2.75) is 65.1 Å². The summed E-state index contributed by atoms with van der Waals surface area (Å²) >= 11 is 5.95. The summed E-state index contributed by atoms with van der Waals surface area (Å²) in [6, 6.07) is 13.2. The van der Waals surface area contributed by atoms with E-state index >= 15 is 0 Å². The summed E-state index contributed by atoms with van der Waals surface area (Å²) in [5.41, 5.74) is 1.31. The average molecular weight is 552 g/mol. The number of benzene rings is 2. The zero-order chi connectivity index (χ0) is 27.6. The summed E-state index contributed by atoms with van der Waals surface area (Å²) in [6.45, 7) is 6.14. The molecule has 2 rings (SSSR count). The van der Waals surface area contributed by atoms with Crippen molar-refractivity contribution in [3.63, 3.8) is 0 Å². The number of methoxy groups -OCH3 is 1. The molecule has 0 aromatic heterocycles. The number of ether oxygens (including phenoxy) is 1. The second-order valence-electron chi connectivity index (χ2n) is 9.03. The van der Waals surface area contributed by atoms with E-state index in [9.17, 15) is 18.0 Å². The highest BCUT2D eigenvalue weighted by atomic mass is 35.5. The molecule has 2 aromatic rings. The van der Waals surface area contributed by atoms with Gasteiger partial charge in [0, 0.05) is 30.6 Å². The minimum absolute atomic E-state index is 0.0157. The Morgan fingerprint density at radius 2 is 1.76 bits per heavy atom. The minimum Gasteiger partial charge on any atom is -0.497 e. The predicted octanol–water partition coefficient (Wildman–Crippen LogP) is 4.62. The number of hydrogen-bond donors (Lipinski definition) is 1. The molecule has 0 saturated carbocycles. The van der Waals surface area contributed by atoms with Crippen LogP contribution in [0.15, 0.2) is 48.5 Å². The second kappa shape index (κ2) is 14.2. The van der Waals surface area contributed by atoms with Crippen LogP contribution in [0.4, 0.5) is 5.69 Å². The van der Waals surface area contributed by atoms with Gasteiger partial charge in [0.15, 0.2) is 0 Å². The third kappa shape index (κ3) is 9.23. The van der Waals surface area contributed by atoms with Crippen LogP contribution in [0.25, 0.3) is 0 Å². The second-order valence-corrected chi connectivity index (χ2v) is 11.4. The number of nitrogens with zero attached hydrogens (tertiary/aromatic N) is 2. The number of carbonyl (C=O) groups is 2. The molecule has 10 heteroatoms. The Balaban J connectivity index is 2.24. The van der Waals surface area contributed by atoms with Gasteiger partial charge in [-0.2, -0.15) is 0 Å². The summed E-state index contributed by atoms with van der Waals surface area (Å²) in [5, 5.41) is 3.49. The Kier molecular flexibility index (Phi) is 11.7. The lowest BCUT2D eigenvalue weighted by molar-refractivity contribution is -0.141. The van der Waals surface area contributed by atoms with Gasteiger partial charge in [0.25, 0.3) is 0 Å². The summed E-state index contributed by atoms with van der Waals surface area (Å²) in [5.74, 6) is 0.235. The standard InChI is InChI=1S/C27H38ClN3O5S/c1-6-20(3)29-27(33)25(7-2)30(19-21-10-8-11-24(18-21)36-4)26(32)12-9-17-31(37(5,34)35)23-15-13-22(28)14-16-23/h8,10-11,13-16,18,20,25H,6-7,9,12,17,19H2,1-5H3,(H,29,33)/t20-,25+/m0/s1. The molecule has 2 aromatic carbocycles. The fraction of sp³-hybridized carbons (Fsp3) is 0.481. The molecule has 2 amide bonds. The first-order valence-electron chi connectivity index (χ1n) is 12.5. The summed E-state index contributed by atoms with van der Waals surface area (Å²) in [4.78, 5) is 28.2. The van der Waals surface area contributed by atoms with Crippen molar-refractivity contribution < 1.29 is 22.7 Å². The molecule has 0 aliphatic carbocycles. The highest BCUT2D eigenvalue weighted by Crippen LogP contribution is 2.22. The predicted molar refractivity (Wildman–Crippen MR) is 148 cm³/mol. The lowest BCUT2D eigenvalue weighted by Crippen LogP contribution is -2.50. The molecule has 0 heterocycles. The van der Waals surface area contributed by atoms with E-state index in [4.69, 9.17) is 16.3 Å². The molecule has 0 spiro atoms. The van der Waals surface area contributed by atoms with Gasteiger partial charge in [0.1, 0.15) is 11.8 Å². The molecule has 0 unspecified atom stereocenters. The van der Waals surface area contributed by atoms with Crippen LogP contribution in [0.5, 0.6) is 5.75 Å². The molecule has 0 radical (unpaired) electrons. The van der Waals surface area contributed by atoms with Gasteiger partial charge >= 0.3 is 0 Å². The molecular formula is C27H38ClN3O5S. The first-order chi connectivity index (χ1) is 17.5. The minimum atomic E-state index is -3.57. The monoisotopic (exact) mass is 551 g/mol. The van der Waals surface area contributed by atoms with Crippen molar-refractivity contribution in [1.82, 2.24) is 10.2 Å². The molecule has 1 N–H and O–H groups in total. The molecule has 0 fully saturated rings. The number of sulfonamides is 1. The number of nitrogens with one attached hydrogen (secondary N) is 1. The van der Waals surface area contributed by atoms with E-state index in [1.54, 1.807) is 36.3 Å². The molecule has 8 nitrogen and oxygen atoms in total. The van der Waals surface area contributed by atoms with Gasteiger partial charge in [-0.1, -0.05) is 37.6 Å². The summed E-state index contributed by atoms with van der Waals surface area (Å²) in [6.07, 6.45) is 2.71. The van der Waals surface area contributed by atoms with Crippen LogP contribution in [0.1, 0.15) is 52.0 Å². The molecule has 2 atom stereocenters. The fourth-order valence-corrected chi connectivity index (χ4v) is 5.03. The van der Waals surface area contributed by atoms with Crippen LogP contribution in [0, 0.1) is 0 Å². The smallest absolute Gasteiger partial charge is 0.243 e. The Bertz CT molecular complexity index is 1140. The lowest BCUT2D eigenvalue weighted by atomic mass is 10.1. The summed E-state index contributed by atoms with van der Waals surface area (Å²) < 4.78 is 31.4. The van der Waals surface area contributed by atoms with Gasteiger partial charge < -0.3 is 15.0 Å². The Morgan fingerprint density at radius 3 is 2.32 bits per heavy atom. The summed E-state index contributed by atoms with van der Waals surface area (Å²) in [7, 11) is -1.99. The topological polar surface area (TPSA) is 96.0 Å². The Morgan fingerprint density at radius 1 is 1.08 bits per heavy atom. The van der Waals surface area contributed by atoms with Crippen LogP contribution in [-0.4, -0.2) is 57.1 Å². The van der Waals surface area contributed by atoms with E-state index in [1.165, 1.54) is 4.31 Å². The van der Waals surface area contributed by atoms with E-state index in [0.717, 1.165) is 18.2 Å². The maximum Gasteiger partial charge on any atom is 0.243 e. The average Bonchev–Trinajstić information content (AvgIpc) is 2.86. The maximum absolute atomic E-state index is 13.5. The number of amides is 2. The zero-order valence-electron chi connectivity index (χ0n) is 22.2. The Labute approximate surface area is 226 Å². The van der Waals surface area contributed by atoms with Gasteiger partial charge in [0.2, 0.25) is 21.8 Å². The molecule has 0 bridgehead atoms. The number of hydrogen-bond acceptors (Lipinski definition) is 5. The van der Waals surface area contributed by atoms with Gasteiger partial charge in [-0.05, 0) is 68.1 Å². The highest BCUT2D eigenvalue weighted by molar-refractivity contribution is 7.92. The number of halogens is 1. The first-order valence-corrected chi connectivity index (χ1v) is 14.7. The van der Waals surface area contributed by atoms with Crippen LogP contribution >= 0.6 is 11.6 Å². The number of rotatable bonds is 14. The maximum atomic E-state index is 13.5. The molecule has 204 valence electrons. The normalized spacial score (nSPS) is 12.9. The largest absolute Gasteiger partial charge is 0.497 e. The molecular weight excluding hydrogens is 514 g/mol. The van der Waals surface area contributed by atoms with Crippen LogP contribution < -0.4 is 14.4 Å². The lowest BCUT2D eigenvalue weighted by Gasteiger charge is -2.32. The van der Waals surface area contributed by atoms with Gasteiger partial charge in [-0.25, -0.2) is 8.42 Å². The first kappa shape index (κ1) is 30.4. The number of anilines is 1. The van der Waals surface area contributed by atoms with E-state index in [0.29, 0.717) is 22.9 Å². The molecule has 0 aliphatic rings.